The third kappa shape index (κ3) is 4.08. The summed E-state index contributed by atoms with van der Waals surface area (Å²) < 4.78 is 5.36. The molecule has 2 unspecified atom stereocenters. The summed E-state index contributed by atoms with van der Waals surface area (Å²) in [6.07, 6.45) is 0.192. The van der Waals surface area contributed by atoms with Crippen molar-refractivity contribution in [1.82, 2.24) is 10.6 Å². The Hall–Kier alpha value is -0.650. The van der Waals surface area contributed by atoms with Gasteiger partial charge in [0.2, 0.25) is 0 Å². The number of aliphatic hydroxyl groups is 1. The molecule has 5 nitrogen and oxygen atoms in total. The van der Waals surface area contributed by atoms with E-state index in [2.05, 4.69) is 10.6 Å². The molecule has 5 heteroatoms. The SMILES string of the molecule is CC(C)C(CCO)NC(=O)C1CNCCO1. The lowest BCUT2D eigenvalue weighted by molar-refractivity contribution is -0.135. The minimum absolute atomic E-state index is 0.0167. The Morgan fingerprint density at radius 2 is 2.38 bits per heavy atom. The number of hydrogen-bond donors (Lipinski definition) is 3. The molecule has 0 aromatic rings. The fourth-order valence-electron chi connectivity index (χ4n) is 1.72. The fraction of sp³-hybridized carbons (Fsp3) is 0.909. The zero-order valence-corrected chi connectivity index (χ0v) is 10.0. The van der Waals surface area contributed by atoms with Crippen LogP contribution in [0.15, 0.2) is 0 Å². The van der Waals surface area contributed by atoms with E-state index in [9.17, 15) is 4.79 Å². The highest BCUT2D eigenvalue weighted by Crippen LogP contribution is 2.07. The first-order valence-electron chi connectivity index (χ1n) is 5.88. The van der Waals surface area contributed by atoms with E-state index in [-0.39, 0.29) is 18.6 Å². The second-order valence-corrected chi connectivity index (χ2v) is 4.43. The van der Waals surface area contributed by atoms with Crippen LogP contribution in [0, 0.1) is 5.92 Å². The average Bonchev–Trinajstić information content (AvgIpc) is 2.29. The first-order chi connectivity index (χ1) is 7.65. The first-order valence-corrected chi connectivity index (χ1v) is 5.88. The largest absolute Gasteiger partial charge is 0.396 e. The van der Waals surface area contributed by atoms with Crippen molar-refractivity contribution >= 4 is 5.91 Å². The number of rotatable bonds is 5. The van der Waals surface area contributed by atoms with Crippen LogP contribution in [-0.4, -0.2) is 49.5 Å². The van der Waals surface area contributed by atoms with Crippen molar-refractivity contribution in [3.05, 3.63) is 0 Å². The van der Waals surface area contributed by atoms with Crippen LogP contribution < -0.4 is 10.6 Å². The molecule has 3 N–H and O–H groups in total. The van der Waals surface area contributed by atoms with E-state index in [1.807, 2.05) is 13.8 Å². The van der Waals surface area contributed by atoms with Gasteiger partial charge in [-0.25, -0.2) is 0 Å². The van der Waals surface area contributed by atoms with Crippen LogP contribution in [0.5, 0.6) is 0 Å². The fourth-order valence-corrected chi connectivity index (χ4v) is 1.72. The highest BCUT2D eigenvalue weighted by molar-refractivity contribution is 5.81. The number of amides is 1. The summed E-state index contributed by atoms with van der Waals surface area (Å²) in [5, 5.41) is 15.0. The van der Waals surface area contributed by atoms with Crippen LogP contribution in [0.25, 0.3) is 0 Å². The number of carbonyl (C=O) groups is 1. The molecule has 16 heavy (non-hydrogen) atoms. The molecule has 1 rings (SSSR count). The minimum Gasteiger partial charge on any atom is -0.396 e. The maximum atomic E-state index is 11.8. The van der Waals surface area contributed by atoms with Gasteiger partial charge >= 0.3 is 0 Å². The molecule has 1 aliphatic rings. The van der Waals surface area contributed by atoms with E-state index in [0.717, 1.165) is 6.54 Å². The molecule has 1 saturated heterocycles. The number of morpholine rings is 1. The molecule has 1 heterocycles. The van der Waals surface area contributed by atoms with Crippen LogP contribution in [0.2, 0.25) is 0 Å². The Balaban J connectivity index is 2.40. The van der Waals surface area contributed by atoms with E-state index < -0.39 is 6.10 Å². The molecule has 1 amide bonds. The lowest BCUT2D eigenvalue weighted by Gasteiger charge is -2.27. The zero-order valence-electron chi connectivity index (χ0n) is 10.0. The zero-order chi connectivity index (χ0) is 12.0. The van der Waals surface area contributed by atoms with Crippen LogP contribution in [0.4, 0.5) is 0 Å². The molecule has 0 saturated carbocycles. The molecular weight excluding hydrogens is 208 g/mol. The van der Waals surface area contributed by atoms with Gasteiger partial charge in [0.25, 0.3) is 5.91 Å². The molecule has 2 atom stereocenters. The number of ether oxygens (including phenoxy) is 1. The van der Waals surface area contributed by atoms with Crippen LogP contribution in [0.1, 0.15) is 20.3 Å². The molecule has 0 bridgehead atoms. The summed E-state index contributed by atoms with van der Waals surface area (Å²) in [6, 6.07) is 0.0167. The van der Waals surface area contributed by atoms with E-state index in [1.54, 1.807) is 0 Å². The first kappa shape index (κ1) is 13.4. The maximum Gasteiger partial charge on any atom is 0.250 e. The molecule has 1 fully saturated rings. The second kappa shape index (κ2) is 6.83. The molecule has 0 aliphatic carbocycles. The van der Waals surface area contributed by atoms with E-state index >= 15 is 0 Å². The van der Waals surface area contributed by atoms with Crippen molar-refractivity contribution in [2.75, 3.05) is 26.3 Å². The van der Waals surface area contributed by atoms with Gasteiger partial charge in [-0.1, -0.05) is 13.8 Å². The molecular formula is C11H22N2O3. The van der Waals surface area contributed by atoms with Crippen molar-refractivity contribution in [2.24, 2.45) is 5.92 Å². The lowest BCUT2D eigenvalue weighted by atomic mass is 10.0. The summed E-state index contributed by atoms with van der Waals surface area (Å²) in [4.78, 5) is 11.8. The average molecular weight is 230 g/mol. The predicted molar refractivity (Wildman–Crippen MR) is 61.1 cm³/mol. The third-order valence-electron chi connectivity index (χ3n) is 2.79. The van der Waals surface area contributed by atoms with Crippen molar-refractivity contribution in [3.63, 3.8) is 0 Å². The Morgan fingerprint density at radius 1 is 1.62 bits per heavy atom. The Kier molecular flexibility index (Phi) is 5.73. The summed E-state index contributed by atoms with van der Waals surface area (Å²) in [6.45, 7) is 6.09. The predicted octanol–water partition coefficient (Wildman–Crippen LogP) is -0.502. The maximum absolute atomic E-state index is 11.8. The molecule has 0 aromatic heterocycles. The smallest absolute Gasteiger partial charge is 0.250 e. The van der Waals surface area contributed by atoms with Crippen LogP contribution >= 0.6 is 0 Å². The highest BCUT2D eigenvalue weighted by Gasteiger charge is 2.24. The van der Waals surface area contributed by atoms with Gasteiger partial charge in [-0.15, -0.1) is 0 Å². The number of nitrogens with one attached hydrogen (secondary N) is 2. The van der Waals surface area contributed by atoms with Crippen molar-refractivity contribution in [1.29, 1.82) is 0 Å². The molecule has 0 aromatic carbocycles. The lowest BCUT2D eigenvalue weighted by Crippen LogP contribution is -2.51. The number of carbonyl (C=O) groups excluding carboxylic acids is 1. The van der Waals surface area contributed by atoms with Gasteiger partial charge in [-0.3, -0.25) is 4.79 Å². The molecule has 1 aliphatic heterocycles. The van der Waals surface area contributed by atoms with Crippen molar-refractivity contribution in [2.45, 2.75) is 32.4 Å². The second-order valence-electron chi connectivity index (χ2n) is 4.43. The number of hydrogen-bond acceptors (Lipinski definition) is 4. The van der Waals surface area contributed by atoms with Gasteiger partial charge < -0.3 is 20.5 Å². The summed E-state index contributed by atoms with van der Waals surface area (Å²) in [7, 11) is 0. The Labute approximate surface area is 96.6 Å². The van der Waals surface area contributed by atoms with Gasteiger partial charge in [0.15, 0.2) is 0 Å². The van der Waals surface area contributed by atoms with Gasteiger partial charge in [-0.2, -0.15) is 0 Å². The van der Waals surface area contributed by atoms with Crippen LogP contribution in [-0.2, 0) is 9.53 Å². The summed E-state index contributed by atoms with van der Waals surface area (Å²) in [5.74, 6) is 0.229. The topological polar surface area (TPSA) is 70.6 Å². The van der Waals surface area contributed by atoms with Crippen LogP contribution in [0.3, 0.4) is 0 Å². The van der Waals surface area contributed by atoms with Gasteiger partial charge in [0, 0.05) is 25.7 Å². The molecule has 0 spiro atoms. The van der Waals surface area contributed by atoms with E-state index in [0.29, 0.717) is 25.5 Å². The quantitative estimate of drug-likeness (QED) is 0.595. The van der Waals surface area contributed by atoms with Crippen molar-refractivity contribution < 1.29 is 14.6 Å². The van der Waals surface area contributed by atoms with Crippen molar-refractivity contribution in [3.8, 4) is 0 Å². The van der Waals surface area contributed by atoms with Gasteiger partial charge in [0.05, 0.1) is 6.61 Å². The standard InChI is InChI=1S/C11H22N2O3/c1-8(2)9(3-5-14)13-11(15)10-7-12-4-6-16-10/h8-10,12,14H,3-7H2,1-2H3,(H,13,15). The Morgan fingerprint density at radius 3 is 2.88 bits per heavy atom. The monoisotopic (exact) mass is 230 g/mol. The summed E-state index contributed by atoms with van der Waals surface area (Å²) in [5.41, 5.74) is 0. The minimum atomic E-state index is -0.395. The third-order valence-corrected chi connectivity index (χ3v) is 2.79. The highest BCUT2D eigenvalue weighted by atomic mass is 16.5. The van der Waals surface area contributed by atoms with E-state index in [4.69, 9.17) is 9.84 Å². The van der Waals surface area contributed by atoms with Gasteiger partial charge in [0.1, 0.15) is 6.10 Å². The van der Waals surface area contributed by atoms with Gasteiger partial charge in [-0.05, 0) is 12.3 Å². The van der Waals surface area contributed by atoms with E-state index in [1.165, 1.54) is 0 Å². The number of aliphatic hydroxyl groups excluding tert-OH is 1. The summed E-state index contributed by atoms with van der Waals surface area (Å²) >= 11 is 0. The normalized spacial score (nSPS) is 23.1. The molecule has 0 radical (unpaired) electrons. The Bertz CT molecular complexity index is 215. The molecule has 94 valence electrons.